The number of nitrogens with one attached hydrogen (secondary N) is 1. The van der Waals surface area contributed by atoms with Crippen LogP contribution in [0.3, 0.4) is 0 Å². The van der Waals surface area contributed by atoms with Gasteiger partial charge in [-0.1, -0.05) is 42.5 Å². The zero-order valence-electron chi connectivity index (χ0n) is 16.3. The highest BCUT2D eigenvalue weighted by atomic mass is 16.6. The van der Waals surface area contributed by atoms with E-state index in [1.165, 1.54) is 11.0 Å². The van der Waals surface area contributed by atoms with Crippen molar-refractivity contribution in [3.05, 3.63) is 86.6 Å². The van der Waals surface area contributed by atoms with Crippen molar-refractivity contribution in [1.82, 2.24) is 10.2 Å². The number of aryl methyl sites for hydroxylation is 1. The van der Waals surface area contributed by atoms with E-state index in [0.29, 0.717) is 16.8 Å². The maximum atomic E-state index is 12.9. The van der Waals surface area contributed by atoms with Gasteiger partial charge in [0.2, 0.25) is 0 Å². The van der Waals surface area contributed by atoms with Gasteiger partial charge in [0, 0.05) is 24.4 Å². The number of nitro benzene ring substituents is 1. The number of carbonyl (C=O) groups is 2. The minimum atomic E-state index is -0.846. The van der Waals surface area contributed by atoms with E-state index in [-0.39, 0.29) is 17.9 Å². The summed E-state index contributed by atoms with van der Waals surface area (Å²) >= 11 is 0. The van der Waals surface area contributed by atoms with Crippen molar-refractivity contribution in [2.24, 2.45) is 0 Å². The number of ether oxygens (including phenoxy) is 1. The fraction of sp³-hybridized carbons (Fsp3) is 0.238. The van der Waals surface area contributed by atoms with Crippen LogP contribution in [0.15, 0.2) is 59.8 Å². The lowest BCUT2D eigenvalue weighted by atomic mass is 9.94. The molecule has 1 unspecified atom stereocenters. The smallest absolute Gasteiger partial charge is 0.338 e. The number of benzene rings is 2. The summed E-state index contributed by atoms with van der Waals surface area (Å²) in [5.41, 5.74) is 2.35. The number of nitrogens with zero attached hydrogens (tertiary/aromatic N) is 2. The first-order chi connectivity index (χ1) is 13.8. The minimum absolute atomic E-state index is 0.0783. The molecule has 0 aliphatic carbocycles. The summed E-state index contributed by atoms with van der Waals surface area (Å²) in [6, 6.07) is 12.6. The van der Waals surface area contributed by atoms with Crippen LogP contribution in [-0.2, 0) is 16.1 Å². The number of carbonyl (C=O) groups excluding carboxylic acids is 2. The van der Waals surface area contributed by atoms with E-state index in [4.69, 9.17) is 4.74 Å². The zero-order valence-corrected chi connectivity index (χ0v) is 16.3. The van der Waals surface area contributed by atoms with Gasteiger partial charge in [-0.2, -0.15) is 0 Å². The molecule has 0 radical (unpaired) electrons. The highest BCUT2D eigenvalue weighted by Gasteiger charge is 2.35. The van der Waals surface area contributed by atoms with Crippen molar-refractivity contribution in [1.29, 1.82) is 0 Å². The monoisotopic (exact) mass is 395 g/mol. The number of hydrogen-bond donors (Lipinski definition) is 1. The summed E-state index contributed by atoms with van der Waals surface area (Å²) in [5, 5.41) is 14.1. The Labute approximate surface area is 167 Å². The van der Waals surface area contributed by atoms with Crippen LogP contribution in [0, 0.1) is 17.0 Å². The lowest BCUT2D eigenvalue weighted by Crippen LogP contribution is -2.46. The van der Waals surface area contributed by atoms with Crippen LogP contribution in [0.25, 0.3) is 0 Å². The Morgan fingerprint density at radius 2 is 1.90 bits per heavy atom. The lowest BCUT2D eigenvalue weighted by Gasteiger charge is -2.33. The normalized spacial score (nSPS) is 16.4. The number of esters is 1. The Morgan fingerprint density at radius 3 is 2.55 bits per heavy atom. The topological polar surface area (TPSA) is 102 Å². The molecule has 0 saturated heterocycles. The van der Waals surface area contributed by atoms with Crippen LogP contribution < -0.4 is 5.32 Å². The maximum Gasteiger partial charge on any atom is 0.338 e. The van der Waals surface area contributed by atoms with Crippen molar-refractivity contribution in [2.45, 2.75) is 26.5 Å². The third kappa shape index (κ3) is 4.11. The van der Waals surface area contributed by atoms with Crippen LogP contribution in [0.5, 0.6) is 0 Å². The SMILES string of the molecule is CC1=C(C(=O)OCc2ccccc2)C(c2ccc(C)c([N+](=O)[O-])c2)NC(=O)N1C. The van der Waals surface area contributed by atoms with Gasteiger partial charge in [0.1, 0.15) is 6.61 Å². The van der Waals surface area contributed by atoms with Gasteiger partial charge >= 0.3 is 12.0 Å². The summed E-state index contributed by atoms with van der Waals surface area (Å²) in [4.78, 5) is 37.4. The molecule has 1 aliphatic heterocycles. The fourth-order valence-corrected chi connectivity index (χ4v) is 3.15. The van der Waals surface area contributed by atoms with Crippen LogP contribution in [0.2, 0.25) is 0 Å². The standard InChI is InChI=1S/C21H21N3O5/c1-13-9-10-16(11-17(13)24(27)28)19-18(14(2)23(3)21(26)22-19)20(25)29-12-15-7-5-4-6-8-15/h4-11,19H,12H2,1-3H3,(H,22,26). The van der Waals surface area contributed by atoms with Gasteiger partial charge in [-0.05, 0) is 25.0 Å². The van der Waals surface area contributed by atoms with E-state index in [0.717, 1.165) is 5.56 Å². The number of allylic oxidation sites excluding steroid dienone is 1. The second-order valence-electron chi connectivity index (χ2n) is 6.81. The van der Waals surface area contributed by atoms with Gasteiger partial charge in [0.25, 0.3) is 5.69 Å². The van der Waals surface area contributed by atoms with Gasteiger partial charge in [-0.3, -0.25) is 10.1 Å². The van der Waals surface area contributed by atoms with Gasteiger partial charge in [-0.25, -0.2) is 9.59 Å². The molecule has 1 heterocycles. The van der Waals surface area contributed by atoms with Crippen LogP contribution >= 0.6 is 0 Å². The molecule has 0 spiro atoms. The molecule has 2 aromatic carbocycles. The molecule has 1 N–H and O–H groups in total. The Bertz CT molecular complexity index is 1000. The van der Waals surface area contributed by atoms with Crippen molar-refractivity contribution in [2.75, 3.05) is 7.05 Å². The molecular formula is C21H21N3O5. The quantitative estimate of drug-likeness (QED) is 0.473. The number of amides is 2. The van der Waals surface area contributed by atoms with E-state index in [1.54, 1.807) is 33.0 Å². The van der Waals surface area contributed by atoms with Gasteiger partial charge in [0.15, 0.2) is 0 Å². The van der Waals surface area contributed by atoms with E-state index >= 15 is 0 Å². The van der Waals surface area contributed by atoms with Crippen molar-refractivity contribution >= 4 is 17.7 Å². The molecule has 2 amide bonds. The molecule has 0 saturated carbocycles. The molecule has 1 aliphatic rings. The van der Waals surface area contributed by atoms with Gasteiger partial charge in [-0.15, -0.1) is 0 Å². The predicted molar refractivity (Wildman–Crippen MR) is 106 cm³/mol. The van der Waals surface area contributed by atoms with Crippen LogP contribution in [0.1, 0.15) is 29.7 Å². The third-order valence-corrected chi connectivity index (χ3v) is 4.95. The van der Waals surface area contributed by atoms with E-state index < -0.39 is 23.0 Å². The summed E-state index contributed by atoms with van der Waals surface area (Å²) in [5.74, 6) is -0.591. The molecule has 3 rings (SSSR count). The number of nitro groups is 1. The lowest BCUT2D eigenvalue weighted by molar-refractivity contribution is -0.385. The van der Waals surface area contributed by atoms with Crippen molar-refractivity contribution in [3.63, 3.8) is 0 Å². The second kappa shape index (κ2) is 8.14. The fourth-order valence-electron chi connectivity index (χ4n) is 3.15. The summed E-state index contributed by atoms with van der Waals surface area (Å²) in [6.07, 6.45) is 0. The van der Waals surface area contributed by atoms with E-state index in [9.17, 15) is 19.7 Å². The molecule has 0 aromatic heterocycles. The van der Waals surface area contributed by atoms with Crippen LogP contribution in [-0.4, -0.2) is 28.9 Å². The summed E-state index contributed by atoms with van der Waals surface area (Å²) in [7, 11) is 1.54. The largest absolute Gasteiger partial charge is 0.457 e. The molecule has 29 heavy (non-hydrogen) atoms. The molecule has 8 nitrogen and oxygen atoms in total. The molecule has 1 atom stereocenters. The van der Waals surface area contributed by atoms with E-state index in [1.807, 2.05) is 30.3 Å². The Kier molecular flexibility index (Phi) is 5.63. The molecule has 0 fully saturated rings. The predicted octanol–water partition coefficient (Wildman–Crippen LogP) is 3.62. The number of urea groups is 1. The first kappa shape index (κ1) is 20.1. The van der Waals surface area contributed by atoms with Gasteiger partial charge < -0.3 is 15.0 Å². The Balaban J connectivity index is 1.96. The first-order valence-electron chi connectivity index (χ1n) is 9.00. The van der Waals surface area contributed by atoms with Crippen molar-refractivity contribution < 1.29 is 19.2 Å². The Hall–Kier alpha value is -3.68. The molecule has 2 aromatic rings. The van der Waals surface area contributed by atoms with Crippen LogP contribution in [0.4, 0.5) is 10.5 Å². The summed E-state index contributed by atoms with van der Waals surface area (Å²) in [6.45, 7) is 3.35. The number of rotatable bonds is 5. The Morgan fingerprint density at radius 1 is 1.21 bits per heavy atom. The van der Waals surface area contributed by atoms with E-state index in [2.05, 4.69) is 5.32 Å². The molecule has 8 heteroatoms. The molecular weight excluding hydrogens is 374 g/mol. The molecule has 150 valence electrons. The average molecular weight is 395 g/mol. The second-order valence-corrected chi connectivity index (χ2v) is 6.81. The first-order valence-corrected chi connectivity index (χ1v) is 9.00. The highest BCUT2D eigenvalue weighted by molar-refractivity contribution is 5.95. The third-order valence-electron chi connectivity index (χ3n) is 4.95. The molecule has 0 bridgehead atoms. The average Bonchev–Trinajstić information content (AvgIpc) is 2.71. The minimum Gasteiger partial charge on any atom is -0.457 e. The highest BCUT2D eigenvalue weighted by Crippen LogP contribution is 2.33. The number of hydrogen-bond acceptors (Lipinski definition) is 5. The van der Waals surface area contributed by atoms with Crippen molar-refractivity contribution in [3.8, 4) is 0 Å². The van der Waals surface area contributed by atoms with Gasteiger partial charge in [0.05, 0.1) is 16.5 Å². The summed E-state index contributed by atoms with van der Waals surface area (Å²) < 4.78 is 5.47. The maximum absolute atomic E-state index is 12.9. The zero-order chi connectivity index (χ0) is 21.1.